The Bertz CT molecular complexity index is 1100. The molecule has 0 aliphatic carbocycles. The standard InChI is InChI=1S/C21H20N4O3/c1-14-10-15-6-3-4-9-18(15)24(14)12-19(26)22-16-7-5-8-17(11-16)25-20(27)13-23(2)21(25)28/h3-11H,12-13H2,1-2H3,(H,22,26). The average Bonchev–Trinajstić information content (AvgIpc) is 3.10. The molecule has 1 aliphatic rings. The number of para-hydroxylation sites is 1. The van der Waals surface area contributed by atoms with Crippen molar-refractivity contribution in [1.29, 1.82) is 0 Å². The summed E-state index contributed by atoms with van der Waals surface area (Å²) in [5, 5.41) is 3.94. The molecule has 1 fully saturated rings. The van der Waals surface area contributed by atoms with Crippen molar-refractivity contribution in [2.45, 2.75) is 13.5 Å². The Balaban J connectivity index is 1.53. The van der Waals surface area contributed by atoms with Gasteiger partial charge in [0.25, 0.3) is 5.91 Å². The summed E-state index contributed by atoms with van der Waals surface area (Å²) >= 11 is 0. The number of aryl methyl sites for hydroxylation is 1. The Morgan fingerprint density at radius 2 is 1.86 bits per heavy atom. The van der Waals surface area contributed by atoms with E-state index >= 15 is 0 Å². The number of aromatic nitrogens is 1. The van der Waals surface area contributed by atoms with Gasteiger partial charge in [-0.2, -0.15) is 0 Å². The maximum Gasteiger partial charge on any atom is 0.331 e. The fourth-order valence-electron chi connectivity index (χ4n) is 3.50. The molecule has 0 bridgehead atoms. The number of fused-ring (bicyclic) bond motifs is 1. The van der Waals surface area contributed by atoms with Crippen molar-refractivity contribution in [1.82, 2.24) is 9.47 Å². The van der Waals surface area contributed by atoms with Gasteiger partial charge in [-0.15, -0.1) is 0 Å². The summed E-state index contributed by atoms with van der Waals surface area (Å²) in [7, 11) is 1.58. The van der Waals surface area contributed by atoms with Crippen LogP contribution >= 0.6 is 0 Å². The van der Waals surface area contributed by atoms with Gasteiger partial charge in [-0.3, -0.25) is 9.59 Å². The van der Waals surface area contributed by atoms with Gasteiger partial charge < -0.3 is 14.8 Å². The predicted octanol–water partition coefficient (Wildman–Crippen LogP) is 2.99. The van der Waals surface area contributed by atoms with Gasteiger partial charge in [0.1, 0.15) is 13.1 Å². The quantitative estimate of drug-likeness (QED) is 0.712. The van der Waals surface area contributed by atoms with Gasteiger partial charge in [-0.25, -0.2) is 9.69 Å². The largest absolute Gasteiger partial charge is 0.335 e. The molecule has 0 radical (unpaired) electrons. The van der Waals surface area contributed by atoms with Crippen molar-refractivity contribution in [3.05, 3.63) is 60.3 Å². The first-order chi connectivity index (χ1) is 13.4. The highest BCUT2D eigenvalue weighted by atomic mass is 16.2. The third-order valence-electron chi connectivity index (χ3n) is 4.85. The highest BCUT2D eigenvalue weighted by Gasteiger charge is 2.34. The number of imide groups is 1. The van der Waals surface area contributed by atoms with Crippen LogP contribution in [0.15, 0.2) is 54.6 Å². The van der Waals surface area contributed by atoms with Gasteiger partial charge in [0, 0.05) is 23.9 Å². The topological polar surface area (TPSA) is 74.7 Å². The zero-order chi connectivity index (χ0) is 19.8. The Morgan fingerprint density at radius 1 is 1.07 bits per heavy atom. The molecule has 7 nitrogen and oxygen atoms in total. The second-order valence-electron chi connectivity index (χ2n) is 6.90. The summed E-state index contributed by atoms with van der Waals surface area (Å²) in [5.41, 5.74) is 2.98. The third kappa shape index (κ3) is 3.11. The Kier molecular flexibility index (Phi) is 4.35. The number of carbonyl (C=O) groups is 3. The van der Waals surface area contributed by atoms with E-state index in [4.69, 9.17) is 0 Å². The molecule has 1 aromatic heterocycles. The van der Waals surface area contributed by atoms with Gasteiger partial charge >= 0.3 is 6.03 Å². The Morgan fingerprint density at radius 3 is 2.61 bits per heavy atom. The number of benzene rings is 2. The van der Waals surface area contributed by atoms with Crippen molar-refractivity contribution in [3.63, 3.8) is 0 Å². The molecule has 142 valence electrons. The van der Waals surface area contributed by atoms with Crippen LogP contribution in [0.1, 0.15) is 5.69 Å². The number of likely N-dealkylation sites (N-methyl/N-ethyl adjacent to an activating group) is 1. The molecule has 0 atom stereocenters. The minimum atomic E-state index is -0.372. The van der Waals surface area contributed by atoms with E-state index in [0.717, 1.165) is 21.5 Å². The lowest BCUT2D eigenvalue weighted by atomic mass is 10.2. The smallest absolute Gasteiger partial charge is 0.331 e. The van der Waals surface area contributed by atoms with Crippen molar-refractivity contribution in [2.24, 2.45) is 0 Å². The first-order valence-electron chi connectivity index (χ1n) is 8.97. The number of rotatable bonds is 4. The maximum atomic E-state index is 12.6. The number of carbonyl (C=O) groups excluding carboxylic acids is 3. The zero-order valence-corrected chi connectivity index (χ0v) is 15.7. The van der Waals surface area contributed by atoms with E-state index in [1.807, 2.05) is 41.8 Å². The minimum absolute atomic E-state index is 0.0510. The van der Waals surface area contributed by atoms with E-state index < -0.39 is 0 Å². The van der Waals surface area contributed by atoms with E-state index in [1.165, 1.54) is 4.90 Å². The molecule has 1 aliphatic heterocycles. The molecule has 1 N–H and O–H groups in total. The van der Waals surface area contributed by atoms with E-state index in [0.29, 0.717) is 11.4 Å². The molecule has 2 aromatic carbocycles. The number of urea groups is 1. The van der Waals surface area contributed by atoms with Crippen LogP contribution < -0.4 is 10.2 Å². The van der Waals surface area contributed by atoms with Gasteiger partial charge in [-0.05, 0) is 42.6 Å². The number of anilines is 2. The highest BCUT2D eigenvalue weighted by Crippen LogP contribution is 2.24. The number of amides is 4. The van der Waals surface area contributed by atoms with Gasteiger partial charge in [-0.1, -0.05) is 24.3 Å². The highest BCUT2D eigenvalue weighted by molar-refractivity contribution is 6.19. The lowest BCUT2D eigenvalue weighted by molar-refractivity contribution is -0.117. The van der Waals surface area contributed by atoms with Crippen molar-refractivity contribution >= 4 is 40.1 Å². The fraction of sp³-hybridized carbons (Fsp3) is 0.190. The van der Waals surface area contributed by atoms with Gasteiger partial charge in [0.2, 0.25) is 5.91 Å². The summed E-state index contributed by atoms with van der Waals surface area (Å²) in [5.74, 6) is -0.469. The average molecular weight is 376 g/mol. The summed E-state index contributed by atoms with van der Waals surface area (Å²) in [6.45, 7) is 2.19. The molecular weight excluding hydrogens is 356 g/mol. The number of nitrogens with one attached hydrogen (secondary N) is 1. The fourth-order valence-corrected chi connectivity index (χ4v) is 3.50. The van der Waals surface area contributed by atoms with Crippen LogP contribution in [-0.2, 0) is 16.1 Å². The van der Waals surface area contributed by atoms with Crippen LogP contribution in [0, 0.1) is 6.92 Å². The van der Waals surface area contributed by atoms with Crippen molar-refractivity contribution < 1.29 is 14.4 Å². The molecule has 7 heteroatoms. The van der Waals surface area contributed by atoms with Gasteiger partial charge in [0.15, 0.2) is 0 Å². The van der Waals surface area contributed by atoms with E-state index in [1.54, 1.807) is 31.3 Å². The summed E-state index contributed by atoms with van der Waals surface area (Å²) in [4.78, 5) is 39.3. The molecule has 2 heterocycles. The third-order valence-corrected chi connectivity index (χ3v) is 4.85. The molecule has 1 saturated heterocycles. The summed E-state index contributed by atoms with van der Waals surface area (Å²) in [6.07, 6.45) is 0. The molecule has 0 saturated carbocycles. The summed E-state index contributed by atoms with van der Waals surface area (Å²) < 4.78 is 1.96. The van der Waals surface area contributed by atoms with Crippen LogP contribution in [0.2, 0.25) is 0 Å². The Hall–Kier alpha value is -3.61. The van der Waals surface area contributed by atoms with Crippen LogP contribution in [0.3, 0.4) is 0 Å². The lowest BCUT2D eigenvalue weighted by Gasteiger charge is -2.15. The van der Waals surface area contributed by atoms with E-state index in [-0.39, 0.29) is 30.9 Å². The van der Waals surface area contributed by atoms with E-state index in [2.05, 4.69) is 5.32 Å². The first-order valence-corrected chi connectivity index (χ1v) is 8.97. The molecule has 28 heavy (non-hydrogen) atoms. The molecule has 0 unspecified atom stereocenters. The lowest BCUT2D eigenvalue weighted by Crippen LogP contribution is -2.31. The first kappa shape index (κ1) is 17.8. The number of hydrogen-bond acceptors (Lipinski definition) is 3. The van der Waals surface area contributed by atoms with Crippen LogP contribution in [0.25, 0.3) is 10.9 Å². The second-order valence-corrected chi connectivity index (χ2v) is 6.90. The molecule has 4 rings (SSSR count). The van der Waals surface area contributed by atoms with E-state index in [9.17, 15) is 14.4 Å². The molecule has 3 aromatic rings. The van der Waals surface area contributed by atoms with Gasteiger partial charge in [0.05, 0.1) is 5.69 Å². The monoisotopic (exact) mass is 376 g/mol. The SMILES string of the molecule is Cc1cc2ccccc2n1CC(=O)Nc1cccc(N2C(=O)CN(C)C2=O)c1. The minimum Gasteiger partial charge on any atom is -0.335 e. The second kappa shape index (κ2) is 6.84. The molecule has 0 spiro atoms. The molecular formula is C21H20N4O3. The molecule has 4 amide bonds. The zero-order valence-electron chi connectivity index (χ0n) is 15.7. The maximum absolute atomic E-state index is 12.6. The van der Waals surface area contributed by atoms with Crippen LogP contribution in [-0.4, -0.2) is 40.9 Å². The number of hydrogen-bond donors (Lipinski definition) is 1. The Labute approximate surface area is 162 Å². The normalized spacial score (nSPS) is 14.2. The van der Waals surface area contributed by atoms with Crippen molar-refractivity contribution in [3.8, 4) is 0 Å². The van der Waals surface area contributed by atoms with Crippen LogP contribution in [0.4, 0.5) is 16.2 Å². The van der Waals surface area contributed by atoms with Crippen LogP contribution in [0.5, 0.6) is 0 Å². The predicted molar refractivity (Wildman–Crippen MR) is 107 cm³/mol. The number of nitrogens with zero attached hydrogens (tertiary/aromatic N) is 3. The van der Waals surface area contributed by atoms with Crippen molar-refractivity contribution in [2.75, 3.05) is 23.8 Å². The summed E-state index contributed by atoms with van der Waals surface area (Å²) in [6, 6.07) is 16.3.